The number of benzene rings is 3. The van der Waals surface area contributed by atoms with Gasteiger partial charge in [-0.3, -0.25) is 9.59 Å². The molecule has 10 heteroatoms. The smallest absolute Gasteiger partial charge is 0.387 e. The van der Waals surface area contributed by atoms with Gasteiger partial charge >= 0.3 is 12.6 Å². The molecule has 0 bridgehead atoms. The van der Waals surface area contributed by atoms with Crippen LogP contribution in [0.4, 0.5) is 14.5 Å². The number of ether oxygens (including phenoxy) is 2. The third-order valence-electron chi connectivity index (χ3n) is 5.17. The number of esters is 1. The van der Waals surface area contributed by atoms with E-state index in [1.165, 1.54) is 36.4 Å². The van der Waals surface area contributed by atoms with Crippen LogP contribution in [0.5, 0.6) is 5.75 Å². The molecule has 4 rings (SSSR count). The summed E-state index contributed by atoms with van der Waals surface area (Å²) in [5.74, 6) is -1.51. The predicted molar refractivity (Wildman–Crippen MR) is 130 cm³/mol. The third-order valence-corrected chi connectivity index (χ3v) is 5.46. The first kappa shape index (κ1) is 24.9. The Hall–Kier alpha value is -4.24. The van der Waals surface area contributed by atoms with Gasteiger partial charge in [0, 0.05) is 16.8 Å². The number of nitrogens with one attached hydrogen (secondary N) is 1. The van der Waals surface area contributed by atoms with E-state index < -0.39 is 25.1 Å². The molecule has 4 aromatic rings. The van der Waals surface area contributed by atoms with Gasteiger partial charge in [0.05, 0.1) is 10.4 Å². The molecule has 0 atom stereocenters. The number of rotatable bonds is 7. The molecule has 3 aromatic carbocycles. The summed E-state index contributed by atoms with van der Waals surface area (Å²) in [4.78, 5) is 38.0. The van der Waals surface area contributed by atoms with Crippen LogP contribution in [0.15, 0.2) is 75.9 Å². The molecule has 1 amide bonds. The molecule has 0 unspecified atom stereocenters. The molecule has 0 aliphatic carbocycles. The number of carbonyl (C=O) groups excluding carboxylic acids is 2. The molecule has 0 saturated heterocycles. The minimum Gasteiger partial charge on any atom is -0.455 e. The topological polar surface area (TPSA) is 94.8 Å². The average Bonchev–Trinajstić information content (AvgIpc) is 2.86. The SMILES string of the molecule is Cc1c(-c2ccccc2)oc2c(C(=O)OCC(=O)Nc3ccc(OC(F)F)c(Cl)c3)cccc2c1=O. The maximum atomic E-state index is 12.9. The molecular weight excluding hydrogens is 496 g/mol. The van der Waals surface area contributed by atoms with Crippen molar-refractivity contribution in [1.82, 2.24) is 0 Å². The normalized spacial score (nSPS) is 10.9. The number of alkyl halides is 2. The molecule has 0 aliphatic heterocycles. The van der Waals surface area contributed by atoms with Gasteiger partial charge in [-0.2, -0.15) is 8.78 Å². The lowest BCUT2D eigenvalue weighted by Gasteiger charge is -2.11. The van der Waals surface area contributed by atoms with Crippen molar-refractivity contribution in [3.63, 3.8) is 0 Å². The lowest BCUT2D eigenvalue weighted by molar-refractivity contribution is -0.119. The molecule has 0 saturated carbocycles. The lowest BCUT2D eigenvalue weighted by atomic mass is 10.0. The van der Waals surface area contributed by atoms with Crippen molar-refractivity contribution < 1.29 is 32.3 Å². The Morgan fingerprint density at radius 2 is 1.81 bits per heavy atom. The summed E-state index contributed by atoms with van der Waals surface area (Å²) in [6.07, 6.45) is 0. The molecule has 0 radical (unpaired) electrons. The standard InChI is InChI=1S/C26H18ClF2NO6/c1-14-22(32)17-8-5-9-18(24(17)36-23(14)15-6-3-2-4-7-15)25(33)34-13-21(31)30-16-10-11-20(19(27)12-16)35-26(28)29/h2-12,26H,13H2,1H3,(H,30,31). The maximum Gasteiger partial charge on any atom is 0.387 e. The van der Waals surface area contributed by atoms with Crippen LogP contribution in [-0.4, -0.2) is 25.1 Å². The van der Waals surface area contributed by atoms with Crippen molar-refractivity contribution in [2.24, 2.45) is 0 Å². The molecule has 36 heavy (non-hydrogen) atoms. The number of hydrogen-bond donors (Lipinski definition) is 1. The Balaban J connectivity index is 1.52. The highest BCUT2D eigenvalue weighted by atomic mass is 35.5. The fourth-order valence-electron chi connectivity index (χ4n) is 3.51. The fourth-order valence-corrected chi connectivity index (χ4v) is 3.74. The Morgan fingerprint density at radius 1 is 1.06 bits per heavy atom. The van der Waals surface area contributed by atoms with Crippen LogP contribution in [0.2, 0.25) is 5.02 Å². The average molecular weight is 514 g/mol. The van der Waals surface area contributed by atoms with Crippen molar-refractivity contribution in [3.05, 3.63) is 93.1 Å². The number of fused-ring (bicyclic) bond motifs is 1. The van der Waals surface area contributed by atoms with Crippen LogP contribution < -0.4 is 15.5 Å². The molecule has 7 nitrogen and oxygen atoms in total. The van der Waals surface area contributed by atoms with Gasteiger partial charge in [-0.1, -0.05) is 48.0 Å². The second-order valence-electron chi connectivity index (χ2n) is 7.58. The van der Waals surface area contributed by atoms with Gasteiger partial charge in [0.1, 0.15) is 17.1 Å². The summed E-state index contributed by atoms with van der Waals surface area (Å²) in [6, 6.07) is 17.1. The summed E-state index contributed by atoms with van der Waals surface area (Å²) < 4.78 is 40.1. The summed E-state index contributed by atoms with van der Waals surface area (Å²) in [7, 11) is 0. The Labute approximate surface area is 208 Å². The molecule has 0 fully saturated rings. The van der Waals surface area contributed by atoms with Crippen molar-refractivity contribution >= 4 is 40.1 Å². The van der Waals surface area contributed by atoms with Crippen LogP contribution in [-0.2, 0) is 9.53 Å². The van der Waals surface area contributed by atoms with Gasteiger partial charge in [0.15, 0.2) is 17.6 Å². The first-order chi connectivity index (χ1) is 17.2. The quantitative estimate of drug-likeness (QED) is 0.313. The zero-order valence-corrected chi connectivity index (χ0v) is 19.5. The van der Waals surface area contributed by atoms with E-state index in [0.29, 0.717) is 16.9 Å². The van der Waals surface area contributed by atoms with Crippen LogP contribution in [0.3, 0.4) is 0 Å². The van der Waals surface area contributed by atoms with Crippen LogP contribution >= 0.6 is 11.6 Å². The van der Waals surface area contributed by atoms with E-state index in [2.05, 4.69) is 10.1 Å². The highest BCUT2D eigenvalue weighted by Crippen LogP contribution is 2.29. The zero-order chi connectivity index (χ0) is 25.8. The molecule has 1 N–H and O–H groups in total. The molecule has 0 spiro atoms. The predicted octanol–water partition coefficient (Wildman–Crippen LogP) is 5.82. The van der Waals surface area contributed by atoms with Gasteiger partial charge < -0.3 is 19.2 Å². The Kier molecular flexibility index (Phi) is 7.30. The van der Waals surface area contributed by atoms with Gasteiger partial charge in [0.2, 0.25) is 0 Å². The van der Waals surface area contributed by atoms with E-state index >= 15 is 0 Å². The highest BCUT2D eigenvalue weighted by molar-refractivity contribution is 6.32. The molecule has 0 aliphatic rings. The summed E-state index contributed by atoms with van der Waals surface area (Å²) in [5.41, 5.74) is 0.965. The Morgan fingerprint density at radius 3 is 2.50 bits per heavy atom. The van der Waals surface area contributed by atoms with Gasteiger partial charge in [-0.05, 0) is 37.3 Å². The summed E-state index contributed by atoms with van der Waals surface area (Å²) in [5, 5.41) is 2.50. The summed E-state index contributed by atoms with van der Waals surface area (Å²) in [6.45, 7) is -2.07. The van der Waals surface area contributed by atoms with Crippen molar-refractivity contribution in [2.45, 2.75) is 13.5 Å². The first-order valence-corrected chi connectivity index (χ1v) is 11.0. The van der Waals surface area contributed by atoms with E-state index in [9.17, 15) is 23.2 Å². The van der Waals surface area contributed by atoms with Crippen LogP contribution in [0, 0.1) is 6.92 Å². The lowest BCUT2D eigenvalue weighted by Crippen LogP contribution is -2.21. The number of amides is 1. The highest BCUT2D eigenvalue weighted by Gasteiger charge is 2.20. The third kappa shape index (κ3) is 5.36. The number of anilines is 1. The van der Waals surface area contributed by atoms with Gasteiger partial charge in [-0.15, -0.1) is 0 Å². The largest absolute Gasteiger partial charge is 0.455 e. The van der Waals surface area contributed by atoms with E-state index in [1.807, 2.05) is 6.07 Å². The first-order valence-electron chi connectivity index (χ1n) is 10.6. The van der Waals surface area contributed by atoms with E-state index in [4.69, 9.17) is 20.8 Å². The van der Waals surface area contributed by atoms with E-state index in [-0.39, 0.29) is 38.4 Å². The molecular formula is C26H18ClF2NO6. The second kappa shape index (κ2) is 10.6. The fraction of sp³-hybridized carbons (Fsp3) is 0.115. The number of carbonyl (C=O) groups is 2. The molecule has 184 valence electrons. The molecule has 1 heterocycles. The monoisotopic (exact) mass is 513 g/mol. The van der Waals surface area contributed by atoms with Crippen LogP contribution in [0.1, 0.15) is 15.9 Å². The zero-order valence-electron chi connectivity index (χ0n) is 18.7. The minimum absolute atomic E-state index is 0.0221. The van der Waals surface area contributed by atoms with Crippen molar-refractivity contribution in [1.29, 1.82) is 0 Å². The second-order valence-corrected chi connectivity index (χ2v) is 7.99. The van der Waals surface area contributed by atoms with E-state index in [0.717, 1.165) is 0 Å². The van der Waals surface area contributed by atoms with E-state index in [1.54, 1.807) is 31.2 Å². The van der Waals surface area contributed by atoms with Gasteiger partial charge in [-0.25, -0.2) is 4.79 Å². The Bertz CT molecular complexity index is 1500. The van der Waals surface area contributed by atoms with Crippen molar-refractivity contribution in [2.75, 3.05) is 11.9 Å². The molecule has 1 aromatic heterocycles. The van der Waals surface area contributed by atoms with Gasteiger partial charge in [0.25, 0.3) is 5.91 Å². The van der Waals surface area contributed by atoms with Crippen molar-refractivity contribution in [3.8, 4) is 17.1 Å². The number of halogens is 3. The van der Waals surface area contributed by atoms with Crippen LogP contribution in [0.25, 0.3) is 22.3 Å². The summed E-state index contributed by atoms with van der Waals surface area (Å²) >= 11 is 5.87. The number of hydrogen-bond acceptors (Lipinski definition) is 6. The minimum atomic E-state index is -3.05. The number of para-hydroxylation sites is 1. The maximum absolute atomic E-state index is 12.9.